The molecule has 4 rings (SSSR count). The van der Waals surface area contributed by atoms with Crippen LogP contribution in [0.1, 0.15) is 59.4 Å². The average molecular weight is 321 g/mol. The molecule has 1 fully saturated rings. The topological polar surface area (TPSA) is 49.0 Å². The van der Waals surface area contributed by atoms with Crippen molar-refractivity contribution in [3.8, 4) is 0 Å². The van der Waals surface area contributed by atoms with Gasteiger partial charge in [0.1, 0.15) is 0 Å². The molecule has 1 N–H and O–H groups in total. The number of H-pyrrole nitrogens is 1. The first-order chi connectivity index (χ1) is 11.8. The summed E-state index contributed by atoms with van der Waals surface area (Å²) in [5, 5.41) is 0. The maximum Gasteiger partial charge on any atom is 0.163 e. The number of hydrogen-bond donors (Lipinski definition) is 1. The molecule has 1 aromatic carbocycles. The third kappa shape index (κ3) is 3.28. The van der Waals surface area contributed by atoms with Gasteiger partial charge in [0.2, 0.25) is 0 Å². The second kappa shape index (κ2) is 6.63. The molecule has 0 radical (unpaired) electrons. The van der Waals surface area contributed by atoms with Crippen LogP contribution in [0.5, 0.6) is 0 Å². The van der Waals surface area contributed by atoms with Gasteiger partial charge in [-0.15, -0.1) is 0 Å². The number of nitrogens with one attached hydrogen (secondary N) is 1. The van der Waals surface area contributed by atoms with E-state index in [9.17, 15) is 4.79 Å². The van der Waals surface area contributed by atoms with Gasteiger partial charge in [0.15, 0.2) is 5.78 Å². The normalized spacial score (nSPS) is 17.2. The Balaban J connectivity index is 1.36. The predicted octanol–water partition coefficient (Wildman–Crippen LogP) is 4.16. The quantitative estimate of drug-likeness (QED) is 0.841. The lowest BCUT2D eigenvalue weighted by Gasteiger charge is -2.23. The molecule has 24 heavy (non-hydrogen) atoms. The zero-order valence-corrected chi connectivity index (χ0v) is 13.9. The number of aromatic amines is 1. The Labute approximate surface area is 142 Å². The van der Waals surface area contributed by atoms with Gasteiger partial charge in [-0.3, -0.25) is 4.79 Å². The molecule has 124 valence electrons. The summed E-state index contributed by atoms with van der Waals surface area (Å²) < 4.78 is 0. The van der Waals surface area contributed by atoms with Crippen molar-refractivity contribution in [2.75, 3.05) is 0 Å². The van der Waals surface area contributed by atoms with E-state index < -0.39 is 0 Å². The van der Waals surface area contributed by atoms with Crippen molar-refractivity contribution < 1.29 is 4.79 Å². The molecule has 1 saturated carbocycles. The minimum Gasteiger partial charge on any atom is -0.367 e. The number of benzene rings is 1. The standard InChI is InChI=1S/C20H23N3O/c24-20(11-15-3-1-2-4-15)17-7-5-16(6-8-17)12-23-10-9-18-19(13-23)22-14-21-18/h5-10,14-15H,1-4,11-13H2,(H,21,22). The molecule has 0 amide bonds. The number of carbonyl (C=O) groups is 1. The number of nitrogens with zero attached hydrogens (tertiary/aromatic N) is 2. The largest absolute Gasteiger partial charge is 0.367 e. The molecule has 1 aliphatic carbocycles. The van der Waals surface area contributed by atoms with Crippen LogP contribution >= 0.6 is 0 Å². The zero-order valence-electron chi connectivity index (χ0n) is 13.9. The summed E-state index contributed by atoms with van der Waals surface area (Å²) in [6.07, 6.45) is 11.6. The molecule has 1 aliphatic heterocycles. The van der Waals surface area contributed by atoms with E-state index in [-0.39, 0.29) is 0 Å². The summed E-state index contributed by atoms with van der Waals surface area (Å²) in [5.74, 6) is 0.909. The molecule has 0 atom stereocenters. The summed E-state index contributed by atoms with van der Waals surface area (Å²) >= 11 is 0. The molecule has 2 aliphatic rings. The fourth-order valence-electron chi connectivity index (χ4n) is 3.76. The van der Waals surface area contributed by atoms with Crippen LogP contribution in [-0.4, -0.2) is 20.7 Å². The van der Waals surface area contributed by atoms with Crippen LogP contribution in [-0.2, 0) is 13.1 Å². The fourth-order valence-corrected chi connectivity index (χ4v) is 3.76. The van der Waals surface area contributed by atoms with Crippen molar-refractivity contribution >= 4 is 11.9 Å². The first-order valence-corrected chi connectivity index (χ1v) is 8.84. The van der Waals surface area contributed by atoms with Crippen LogP contribution < -0.4 is 0 Å². The Bertz CT molecular complexity index is 738. The molecule has 4 heteroatoms. The number of ketones is 1. The molecule has 2 aromatic rings. The maximum atomic E-state index is 12.4. The van der Waals surface area contributed by atoms with Gasteiger partial charge in [0, 0.05) is 24.7 Å². The predicted molar refractivity (Wildman–Crippen MR) is 94.2 cm³/mol. The van der Waals surface area contributed by atoms with Crippen molar-refractivity contribution in [3.63, 3.8) is 0 Å². The van der Waals surface area contributed by atoms with Crippen LogP contribution in [0.2, 0.25) is 0 Å². The van der Waals surface area contributed by atoms with Crippen molar-refractivity contribution in [1.29, 1.82) is 0 Å². The van der Waals surface area contributed by atoms with Gasteiger partial charge < -0.3 is 9.88 Å². The summed E-state index contributed by atoms with van der Waals surface area (Å²) in [5.41, 5.74) is 4.26. The average Bonchev–Trinajstić information content (AvgIpc) is 3.26. The van der Waals surface area contributed by atoms with Crippen molar-refractivity contribution in [2.45, 2.75) is 45.2 Å². The Hall–Kier alpha value is -2.36. The summed E-state index contributed by atoms with van der Waals surface area (Å²) in [6, 6.07) is 8.13. The first-order valence-electron chi connectivity index (χ1n) is 8.84. The third-order valence-corrected chi connectivity index (χ3v) is 5.17. The van der Waals surface area contributed by atoms with Crippen LogP contribution in [0.25, 0.3) is 6.08 Å². The smallest absolute Gasteiger partial charge is 0.163 e. The van der Waals surface area contributed by atoms with E-state index in [4.69, 9.17) is 0 Å². The van der Waals surface area contributed by atoms with Gasteiger partial charge >= 0.3 is 0 Å². The molecule has 1 aromatic heterocycles. The van der Waals surface area contributed by atoms with E-state index in [1.165, 1.54) is 31.2 Å². The molecule has 0 bridgehead atoms. The number of imidazole rings is 1. The molecule has 0 spiro atoms. The first kappa shape index (κ1) is 15.2. The Morgan fingerprint density at radius 3 is 2.79 bits per heavy atom. The number of Topliss-reactive ketones (excluding diaryl/α,β-unsaturated/α-hetero) is 1. The van der Waals surface area contributed by atoms with Crippen LogP contribution in [0, 0.1) is 5.92 Å². The monoisotopic (exact) mass is 321 g/mol. The van der Waals surface area contributed by atoms with E-state index >= 15 is 0 Å². The Morgan fingerprint density at radius 1 is 1.21 bits per heavy atom. The lowest BCUT2D eigenvalue weighted by molar-refractivity contribution is 0.0962. The molecule has 0 unspecified atom stereocenters. The number of fused-ring (bicyclic) bond motifs is 1. The Kier molecular flexibility index (Phi) is 4.20. The van der Waals surface area contributed by atoms with Crippen LogP contribution in [0.4, 0.5) is 0 Å². The van der Waals surface area contributed by atoms with Gasteiger partial charge in [0.25, 0.3) is 0 Å². The number of hydrogen-bond acceptors (Lipinski definition) is 3. The highest BCUT2D eigenvalue weighted by molar-refractivity contribution is 5.96. The number of carbonyl (C=O) groups excluding carboxylic acids is 1. The highest BCUT2D eigenvalue weighted by Crippen LogP contribution is 2.28. The van der Waals surface area contributed by atoms with E-state index in [1.807, 2.05) is 12.1 Å². The Morgan fingerprint density at radius 2 is 2.00 bits per heavy atom. The number of aromatic nitrogens is 2. The highest BCUT2D eigenvalue weighted by atomic mass is 16.1. The minimum atomic E-state index is 0.299. The van der Waals surface area contributed by atoms with Gasteiger partial charge in [-0.2, -0.15) is 0 Å². The molecular formula is C20H23N3O. The van der Waals surface area contributed by atoms with E-state index in [1.54, 1.807) is 6.33 Å². The van der Waals surface area contributed by atoms with Gasteiger partial charge in [-0.05, 0) is 17.6 Å². The third-order valence-electron chi connectivity index (χ3n) is 5.17. The fraction of sp³-hybridized carbons (Fsp3) is 0.400. The summed E-state index contributed by atoms with van der Waals surface area (Å²) in [4.78, 5) is 22.1. The maximum absolute atomic E-state index is 12.4. The van der Waals surface area contributed by atoms with Crippen molar-refractivity contribution in [3.05, 3.63) is 59.3 Å². The SMILES string of the molecule is O=C(CC1CCCC1)c1ccc(CN2C=Cc3[nH]cnc3C2)cc1. The summed E-state index contributed by atoms with van der Waals surface area (Å²) in [7, 11) is 0. The summed E-state index contributed by atoms with van der Waals surface area (Å²) in [6.45, 7) is 1.65. The van der Waals surface area contributed by atoms with E-state index in [0.717, 1.165) is 36.5 Å². The second-order valence-electron chi connectivity index (χ2n) is 6.96. The second-order valence-corrected chi connectivity index (χ2v) is 6.96. The van der Waals surface area contributed by atoms with E-state index in [0.29, 0.717) is 11.7 Å². The number of rotatable bonds is 5. The van der Waals surface area contributed by atoms with Gasteiger partial charge in [-0.25, -0.2) is 4.98 Å². The molecule has 0 saturated heterocycles. The van der Waals surface area contributed by atoms with E-state index in [2.05, 4.69) is 39.3 Å². The lowest BCUT2D eigenvalue weighted by Crippen LogP contribution is -2.19. The zero-order chi connectivity index (χ0) is 16.4. The van der Waals surface area contributed by atoms with Gasteiger partial charge in [-0.1, -0.05) is 49.9 Å². The highest BCUT2D eigenvalue weighted by Gasteiger charge is 2.19. The lowest BCUT2D eigenvalue weighted by atomic mass is 9.96. The van der Waals surface area contributed by atoms with Crippen molar-refractivity contribution in [2.24, 2.45) is 5.92 Å². The van der Waals surface area contributed by atoms with Crippen molar-refractivity contribution in [1.82, 2.24) is 14.9 Å². The molecule has 4 nitrogen and oxygen atoms in total. The molecular weight excluding hydrogens is 298 g/mol. The van der Waals surface area contributed by atoms with Crippen LogP contribution in [0.3, 0.4) is 0 Å². The van der Waals surface area contributed by atoms with Gasteiger partial charge in [0.05, 0.1) is 24.3 Å². The van der Waals surface area contributed by atoms with Crippen LogP contribution in [0.15, 0.2) is 36.8 Å². The molecule has 2 heterocycles. The minimum absolute atomic E-state index is 0.299.